The highest BCUT2D eigenvalue weighted by Crippen LogP contribution is 2.20. The number of ether oxygens (including phenoxy) is 1. The molecule has 2 atom stereocenters. The van der Waals surface area contributed by atoms with Gasteiger partial charge in [-0.1, -0.05) is 6.92 Å². The van der Waals surface area contributed by atoms with Crippen LogP contribution in [0.1, 0.15) is 33.1 Å². The van der Waals surface area contributed by atoms with Crippen molar-refractivity contribution in [2.45, 2.75) is 45.2 Å². The van der Waals surface area contributed by atoms with E-state index >= 15 is 0 Å². The molecule has 3 heteroatoms. The van der Waals surface area contributed by atoms with Gasteiger partial charge in [0.05, 0.1) is 13.0 Å². The third kappa shape index (κ3) is 3.77. The number of nitrogens with one attached hydrogen (secondary N) is 1. The van der Waals surface area contributed by atoms with Crippen LogP contribution in [0.4, 0.5) is 0 Å². The minimum absolute atomic E-state index is 0.00579. The SMILES string of the molecule is COC(=O)C(C)CC(C)NC1CC1. The lowest BCUT2D eigenvalue weighted by atomic mass is 10.0. The predicted molar refractivity (Wildman–Crippen MR) is 51.4 cm³/mol. The molecule has 0 aliphatic heterocycles. The lowest BCUT2D eigenvalue weighted by molar-refractivity contribution is -0.145. The molecule has 0 radical (unpaired) electrons. The van der Waals surface area contributed by atoms with Crippen molar-refractivity contribution in [1.29, 1.82) is 0 Å². The first kappa shape index (κ1) is 10.5. The van der Waals surface area contributed by atoms with Crippen molar-refractivity contribution in [2.75, 3.05) is 7.11 Å². The Balaban J connectivity index is 2.17. The Morgan fingerprint density at radius 1 is 1.54 bits per heavy atom. The molecule has 13 heavy (non-hydrogen) atoms. The standard InChI is InChI=1S/C10H19NO2/c1-7(10(12)13-3)6-8(2)11-9-4-5-9/h7-9,11H,4-6H2,1-3H3. The van der Waals surface area contributed by atoms with Crippen molar-refractivity contribution >= 4 is 5.97 Å². The number of methoxy groups -OCH3 is 1. The summed E-state index contributed by atoms with van der Waals surface area (Å²) in [6.45, 7) is 4.04. The average molecular weight is 185 g/mol. The molecule has 0 saturated heterocycles. The van der Waals surface area contributed by atoms with Gasteiger partial charge in [-0.15, -0.1) is 0 Å². The first-order valence-corrected chi connectivity index (χ1v) is 4.97. The van der Waals surface area contributed by atoms with Gasteiger partial charge >= 0.3 is 5.97 Å². The lowest BCUT2D eigenvalue weighted by Crippen LogP contribution is -2.31. The first-order valence-electron chi connectivity index (χ1n) is 4.97. The van der Waals surface area contributed by atoms with Gasteiger partial charge in [0, 0.05) is 12.1 Å². The quantitative estimate of drug-likeness (QED) is 0.657. The summed E-state index contributed by atoms with van der Waals surface area (Å²) in [6.07, 6.45) is 3.44. The Hall–Kier alpha value is -0.570. The number of hydrogen-bond acceptors (Lipinski definition) is 3. The summed E-state index contributed by atoms with van der Waals surface area (Å²) in [6, 6.07) is 1.13. The van der Waals surface area contributed by atoms with E-state index in [1.54, 1.807) is 0 Å². The topological polar surface area (TPSA) is 38.3 Å². The van der Waals surface area contributed by atoms with Crippen LogP contribution in [0.3, 0.4) is 0 Å². The van der Waals surface area contributed by atoms with Crippen molar-refractivity contribution in [1.82, 2.24) is 5.32 Å². The van der Waals surface area contributed by atoms with Crippen molar-refractivity contribution in [3.8, 4) is 0 Å². The summed E-state index contributed by atoms with van der Waals surface area (Å²) >= 11 is 0. The van der Waals surface area contributed by atoms with Crippen LogP contribution in [0.2, 0.25) is 0 Å². The zero-order valence-corrected chi connectivity index (χ0v) is 8.67. The fourth-order valence-electron chi connectivity index (χ4n) is 1.55. The van der Waals surface area contributed by atoms with Gasteiger partial charge in [-0.25, -0.2) is 0 Å². The summed E-state index contributed by atoms with van der Waals surface area (Å²) in [4.78, 5) is 11.1. The summed E-state index contributed by atoms with van der Waals surface area (Å²) < 4.78 is 4.67. The highest BCUT2D eigenvalue weighted by molar-refractivity contribution is 5.71. The van der Waals surface area contributed by atoms with Gasteiger partial charge in [0.25, 0.3) is 0 Å². The molecule has 0 aromatic heterocycles. The highest BCUT2D eigenvalue weighted by Gasteiger charge is 2.24. The molecule has 0 amide bonds. The molecule has 0 heterocycles. The third-order valence-electron chi connectivity index (χ3n) is 2.41. The van der Waals surface area contributed by atoms with Crippen LogP contribution >= 0.6 is 0 Å². The zero-order valence-electron chi connectivity index (χ0n) is 8.67. The molecule has 0 aromatic carbocycles. The van der Waals surface area contributed by atoms with Gasteiger partial charge in [0.2, 0.25) is 0 Å². The number of hydrogen-bond donors (Lipinski definition) is 1. The molecule has 0 bridgehead atoms. The van der Waals surface area contributed by atoms with Crippen LogP contribution in [0.5, 0.6) is 0 Å². The van der Waals surface area contributed by atoms with E-state index in [0.717, 1.165) is 6.42 Å². The van der Waals surface area contributed by atoms with Gasteiger partial charge in [-0.2, -0.15) is 0 Å². The smallest absolute Gasteiger partial charge is 0.308 e. The summed E-state index contributed by atoms with van der Waals surface area (Å²) in [5, 5.41) is 3.46. The maximum Gasteiger partial charge on any atom is 0.308 e. The van der Waals surface area contributed by atoms with Crippen LogP contribution in [0.25, 0.3) is 0 Å². The third-order valence-corrected chi connectivity index (χ3v) is 2.41. The van der Waals surface area contributed by atoms with E-state index in [-0.39, 0.29) is 11.9 Å². The zero-order chi connectivity index (χ0) is 9.84. The van der Waals surface area contributed by atoms with Crippen LogP contribution < -0.4 is 5.32 Å². The maximum atomic E-state index is 11.1. The summed E-state index contributed by atoms with van der Waals surface area (Å²) in [5.41, 5.74) is 0. The molecule has 76 valence electrons. The number of carbonyl (C=O) groups excluding carboxylic acids is 1. The van der Waals surface area contributed by atoms with E-state index in [4.69, 9.17) is 0 Å². The average Bonchev–Trinajstić information content (AvgIpc) is 2.86. The molecule has 1 saturated carbocycles. The van der Waals surface area contributed by atoms with Crippen LogP contribution in [0, 0.1) is 5.92 Å². The van der Waals surface area contributed by atoms with Gasteiger partial charge in [-0.3, -0.25) is 4.79 Å². The van der Waals surface area contributed by atoms with Gasteiger partial charge in [0.15, 0.2) is 0 Å². The summed E-state index contributed by atoms with van der Waals surface area (Å²) in [7, 11) is 1.44. The van der Waals surface area contributed by atoms with Crippen molar-refractivity contribution in [2.24, 2.45) is 5.92 Å². The second kappa shape index (κ2) is 4.61. The fourth-order valence-corrected chi connectivity index (χ4v) is 1.55. The van der Waals surface area contributed by atoms with E-state index in [2.05, 4.69) is 17.0 Å². The van der Waals surface area contributed by atoms with Crippen molar-refractivity contribution in [3.63, 3.8) is 0 Å². The van der Waals surface area contributed by atoms with Crippen molar-refractivity contribution in [3.05, 3.63) is 0 Å². The molecule has 1 fully saturated rings. The molecule has 3 nitrogen and oxygen atoms in total. The molecular weight excluding hydrogens is 166 g/mol. The van der Waals surface area contributed by atoms with E-state index in [1.165, 1.54) is 20.0 Å². The monoisotopic (exact) mass is 185 g/mol. The maximum absolute atomic E-state index is 11.1. The number of carbonyl (C=O) groups is 1. The Labute approximate surface area is 79.8 Å². The molecule has 1 rings (SSSR count). The molecule has 1 aliphatic rings. The lowest BCUT2D eigenvalue weighted by Gasteiger charge is -2.16. The second-order valence-corrected chi connectivity index (χ2v) is 4.00. The van der Waals surface area contributed by atoms with E-state index < -0.39 is 0 Å². The van der Waals surface area contributed by atoms with Crippen LogP contribution in [-0.4, -0.2) is 25.2 Å². The normalized spacial score (nSPS) is 20.8. The molecule has 0 spiro atoms. The van der Waals surface area contributed by atoms with Crippen LogP contribution in [-0.2, 0) is 9.53 Å². The van der Waals surface area contributed by atoms with Gasteiger partial charge in [-0.05, 0) is 26.2 Å². The van der Waals surface area contributed by atoms with Gasteiger partial charge < -0.3 is 10.1 Å². The molecule has 1 N–H and O–H groups in total. The van der Waals surface area contributed by atoms with E-state index in [9.17, 15) is 4.79 Å². The number of esters is 1. The van der Waals surface area contributed by atoms with Gasteiger partial charge in [0.1, 0.15) is 0 Å². The van der Waals surface area contributed by atoms with E-state index in [0.29, 0.717) is 12.1 Å². The Morgan fingerprint density at radius 3 is 2.62 bits per heavy atom. The molecule has 2 unspecified atom stereocenters. The molecule has 0 aromatic rings. The van der Waals surface area contributed by atoms with Crippen molar-refractivity contribution < 1.29 is 9.53 Å². The fraction of sp³-hybridized carbons (Fsp3) is 0.900. The molecular formula is C10H19NO2. The second-order valence-electron chi connectivity index (χ2n) is 4.00. The Morgan fingerprint density at radius 2 is 2.15 bits per heavy atom. The minimum atomic E-state index is -0.107. The largest absolute Gasteiger partial charge is 0.469 e. The van der Waals surface area contributed by atoms with Crippen LogP contribution in [0.15, 0.2) is 0 Å². The Kier molecular flexibility index (Phi) is 3.72. The summed E-state index contributed by atoms with van der Waals surface area (Å²) in [5.74, 6) is -0.101. The predicted octanol–water partition coefficient (Wildman–Crippen LogP) is 1.33. The highest BCUT2D eigenvalue weighted by atomic mass is 16.5. The first-order chi connectivity index (χ1) is 6.13. The molecule has 1 aliphatic carbocycles. The van der Waals surface area contributed by atoms with E-state index in [1.807, 2.05) is 6.92 Å². The Bertz CT molecular complexity index is 178. The number of rotatable bonds is 5. The minimum Gasteiger partial charge on any atom is -0.469 e.